The summed E-state index contributed by atoms with van der Waals surface area (Å²) in [5, 5.41) is 9.01. The number of furan rings is 1. The molecule has 0 aromatic carbocycles. The molecule has 3 aromatic heterocycles. The van der Waals surface area contributed by atoms with Crippen molar-refractivity contribution in [2.45, 2.75) is 17.9 Å². The minimum atomic E-state index is 0.466. The highest BCUT2D eigenvalue weighted by atomic mass is 35.5. The van der Waals surface area contributed by atoms with Crippen molar-refractivity contribution in [3.8, 4) is 11.5 Å². The third-order valence-corrected chi connectivity index (χ3v) is 3.76. The molecule has 0 spiro atoms. The van der Waals surface area contributed by atoms with Gasteiger partial charge in [-0.3, -0.25) is 0 Å². The number of halogens is 1. The molecule has 0 unspecified atom stereocenters. The Morgan fingerprint density at radius 3 is 2.85 bits per heavy atom. The SMILES string of the molecule is Cc1occc1-c1nnc(SCc2ccc(Cl)nc2)o1. The van der Waals surface area contributed by atoms with Crippen LogP contribution >= 0.6 is 23.4 Å². The predicted octanol–water partition coefficient (Wildman–Crippen LogP) is 3.98. The lowest BCUT2D eigenvalue weighted by atomic mass is 10.3. The average molecular weight is 308 g/mol. The van der Waals surface area contributed by atoms with Gasteiger partial charge in [0.1, 0.15) is 10.9 Å². The normalized spacial score (nSPS) is 10.9. The fourth-order valence-electron chi connectivity index (χ4n) is 1.62. The van der Waals surface area contributed by atoms with Gasteiger partial charge in [0.05, 0.1) is 11.8 Å². The number of nitrogens with zero attached hydrogens (tertiary/aromatic N) is 3. The summed E-state index contributed by atoms with van der Waals surface area (Å²) in [6.45, 7) is 1.85. The Kier molecular flexibility index (Phi) is 3.75. The van der Waals surface area contributed by atoms with Gasteiger partial charge in [-0.05, 0) is 24.6 Å². The molecule has 20 heavy (non-hydrogen) atoms. The highest BCUT2D eigenvalue weighted by molar-refractivity contribution is 7.98. The maximum absolute atomic E-state index is 5.74. The van der Waals surface area contributed by atoms with Gasteiger partial charge in [-0.15, -0.1) is 10.2 Å². The minimum Gasteiger partial charge on any atom is -0.469 e. The maximum atomic E-state index is 5.74. The van der Waals surface area contributed by atoms with E-state index in [1.807, 2.05) is 13.0 Å². The van der Waals surface area contributed by atoms with E-state index in [0.29, 0.717) is 22.0 Å². The van der Waals surface area contributed by atoms with Crippen molar-refractivity contribution in [3.63, 3.8) is 0 Å². The van der Waals surface area contributed by atoms with Crippen molar-refractivity contribution in [2.24, 2.45) is 0 Å². The van der Waals surface area contributed by atoms with E-state index >= 15 is 0 Å². The lowest BCUT2D eigenvalue weighted by Crippen LogP contribution is -1.83. The van der Waals surface area contributed by atoms with Gasteiger partial charge >= 0.3 is 0 Å². The molecule has 0 N–H and O–H groups in total. The molecule has 3 heterocycles. The first-order valence-electron chi connectivity index (χ1n) is 5.83. The molecule has 5 nitrogen and oxygen atoms in total. The van der Waals surface area contributed by atoms with Crippen LogP contribution in [0.2, 0.25) is 5.15 Å². The summed E-state index contributed by atoms with van der Waals surface area (Å²) in [5.41, 5.74) is 1.86. The molecule has 0 fully saturated rings. The number of pyridine rings is 1. The Morgan fingerprint density at radius 2 is 2.15 bits per heavy atom. The van der Waals surface area contributed by atoms with Crippen LogP contribution in [0.15, 0.2) is 44.7 Å². The van der Waals surface area contributed by atoms with Crippen molar-refractivity contribution in [3.05, 3.63) is 47.1 Å². The second-order valence-electron chi connectivity index (χ2n) is 4.04. The molecular weight excluding hydrogens is 298 g/mol. The molecule has 0 amide bonds. The van der Waals surface area contributed by atoms with Crippen LogP contribution < -0.4 is 0 Å². The van der Waals surface area contributed by atoms with Crippen LogP contribution in [0.1, 0.15) is 11.3 Å². The van der Waals surface area contributed by atoms with E-state index in [2.05, 4.69) is 15.2 Å². The molecule has 0 aliphatic rings. The molecule has 0 saturated carbocycles. The quantitative estimate of drug-likeness (QED) is 0.536. The number of aryl methyl sites for hydroxylation is 1. The molecule has 3 rings (SSSR count). The zero-order valence-corrected chi connectivity index (χ0v) is 12.1. The fraction of sp³-hybridized carbons (Fsp3) is 0.154. The zero-order chi connectivity index (χ0) is 13.9. The maximum Gasteiger partial charge on any atom is 0.277 e. The Balaban J connectivity index is 1.69. The summed E-state index contributed by atoms with van der Waals surface area (Å²) in [6, 6.07) is 5.48. The Bertz CT molecular complexity index is 708. The first-order valence-corrected chi connectivity index (χ1v) is 7.20. The smallest absolute Gasteiger partial charge is 0.277 e. The molecule has 7 heteroatoms. The van der Waals surface area contributed by atoms with Crippen molar-refractivity contribution in [1.82, 2.24) is 15.2 Å². The molecular formula is C13H10ClN3O2S. The monoisotopic (exact) mass is 307 g/mol. The molecule has 102 valence electrons. The summed E-state index contributed by atoms with van der Waals surface area (Å²) >= 11 is 7.19. The summed E-state index contributed by atoms with van der Waals surface area (Å²) in [4.78, 5) is 4.02. The van der Waals surface area contributed by atoms with Gasteiger partial charge in [0.2, 0.25) is 0 Å². The highest BCUT2D eigenvalue weighted by Gasteiger charge is 2.13. The van der Waals surface area contributed by atoms with Crippen LogP contribution in [0.25, 0.3) is 11.5 Å². The predicted molar refractivity (Wildman–Crippen MR) is 75.5 cm³/mol. The lowest BCUT2D eigenvalue weighted by Gasteiger charge is -1.97. The number of hydrogen-bond acceptors (Lipinski definition) is 6. The second kappa shape index (κ2) is 5.68. The average Bonchev–Trinajstić information content (AvgIpc) is 3.06. The standard InChI is InChI=1S/C13H10ClN3O2S/c1-8-10(4-5-18-8)12-16-17-13(19-12)20-7-9-2-3-11(14)15-6-9/h2-6H,7H2,1H3. The van der Waals surface area contributed by atoms with Gasteiger partial charge in [0.25, 0.3) is 11.1 Å². The molecule has 0 atom stereocenters. The molecule has 0 aliphatic heterocycles. The number of aromatic nitrogens is 3. The minimum absolute atomic E-state index is 0.466. The Morgan fingerprint density at radius 1 is 1.25 bits per heavy atom. The van der Waals surface area contributed by atoms with Crippen molar-refractivity contribution < 1.29 is 8.83 Å². The summed E-state index contributed by atoms with van der Waals surface area (Å²) in [5.74, 6) is 1.91. The number of thioether (sulfide) groups is 1. The van der Waals surface area contributed by atoms with Crippen LogP contribution in [0.4, 0.5) is 0 Å². The van der Waals surface area contributed by atoms with Gasteiger partial charge in [-0.25, -0.2) is 4.98 Å². The van der Waals surface area contributed by atoms with E-state index in [1.54, 1.807) is 24.6 Å². The van der Waals surface area contributed by atoms with E-state index < -0.39 is 0 Å². The van der Waals surface area contributed by atoms with Crippen LogP contribution in [0.5, 0.6) is 0 Å². The highest BCUT2D eigenvalue weighted by Crippen LogP contribution is 2.27. The van der Waals surface area contributed by atoms with Crippen molar-refractivity contribution in [2.75, 3.05) is 0 Å². The lowest BCUT2D eigenvalue weighted by molar-refractivity contribution is 0.463. The second-order valence-corrected chi connectivity index (χ2v) is 5.36. The number of rotatable bonds is 4. The van der Waals surface area contributed by atoms with Crippen molar-refractivity contribution in [1.29, 1.82) is 0 Å². The van der Waals surface area contributed by atoms with E-state index in [-0.39, 0.29) is 0 Å². The summed E-state index contributed by atoms with van der Waals surface area (Å²) < 4.78 is 10.8. The van der Waals surface area contributed by atoms with Gasteiger partial charge in [0, 0.05) is 11.9 Å². The van der Waals surface area contributed by atoms with E-state index in [4.69, 9.17) is 20.4 Å². The molecule has 0 aliphatic carbocycles. The van der Waals surface area contributed by atoms with E-state index in [9.17, 15) is 0 Å². The van der Waals surface area contributed by atoms with Crippen LogP contribution in [0.3, 0.4) is 0 Å². The van der Waals surface area contributed by atoms with Gasteiger partial charge in [0.15, 0.2) is 0 Å². The third-order valence-electron chi connectivity index (χ3n) is 2.65. The summed E-state index contributed by atoms with van der Waals surface area (Å²) in [7, 11) is 0. The fourth-order valence-corrected chi connectivity index (χ4v) is 2.43. The topological polar surface area (TPSA) is 65.0 Å². The van der Waals surface area contributed by atoms with E-state index in [0.717, 1.165) is 16.9 Å². The first-order chi connectivity index (χ1) is 9.72. The van der Waals surface area contributed by atoms with Crippen LogP contribution in [-0.2, 0) is 5.75 Å². The Hall–Kier alpha value is -1.79. The van der Waals surface area contributed by atoms with Gasteiger partial charge in [-0.2, -0.15) is 0 Å². The van der Waals surface area contributed by atoms with Crippen LogP contribution in [0, 0.1) is 6.92 Å². The summed E-state index contributed by atoms with van der Waals surface area (Å²) in [6.07, 6.45) is 3.33. The largest absolute Gasteiger partial charge is 0.469 e. The number of hydrogen-bond donors (Lipinski definition) is 0. The van der Waals surface area contributed by atoms with Gasteiger partial charge in [-0.1, -0.05) is 29.4 Å². The first kappa shape index (κ1) is 13.2. The molecule has 3 aromatic rings. The van der Waals surface area contributed by atoms with Gasteiger partial charge < -0.3 is 8.83 Å². The Labute approximate surface area is 124 Å². The molecule has 0 radical (unpaired) electrons. The van der Waals surface area contributed by atoms with Crippen LogP contribution in [-0.4, -0.2) is 15.2 Å². The molecule has 0 saturated heterocycles. The zero-order valence-electron chi connectivity index (χ0n) is 10.5. The molecule has 0 bridgehead atoms. The third kappa shape index (κ3) is 2.86. The van der Waals surface area contributed by atoms with Crippen molar-refractivity contribution >= 4 is 23.4 Å². The van der Waals surface area contributed by atoms with E-state index in [1.165, 1.54) is 11.8 Å².